The van der Waals surface area contributed by atoms with Crippen molar-refractivity contribution in [1.82, 2.24) is 0 Å². The van der Waals surface area contributed by atoms with Gasteiger partial charge in [0.2, 0.25) is 0 Å². The Morgan fingerprint density at radius 2 is 1.94 bits per heavy atom. The molecule has 1 saturated carbocycles. The van der Waals surface area contributed by atoms with Gasteiger partial charge in [-0.25, -0.2) is 0 Å². The van der Waals surface area contributed by atoms with E-state index in [1.165, 1.54) is 16.3 Å². The summed E-state index contributed by atoms with van der Waals surface area (Å²) in [6.45, 7) is 2.06. The average Bonchev–Trinajstić information content (AvgIpc) is 3.02. The lowest BCUT2D eigenvalue weighted by molar-refractivity contribution is 0.729. The minimum Gasteiger partial charge on any atom is -0.198 e. The van der Waals surface area contributed by atoms with Crippen LogP contribution in [0.2, 0.25) is 0 Å². The van der Waals surface area contributed by atoms with Crippen LogP contribution in [-0.2, 0) is 0 Å². The highest BCUT2D eigenvalue weighted by Crippen LogP contribution is 2.59. The van der Waals surface area contributed by atoms with Crippen LogP contribution in [0.5, 0.6) is 0 Å². The Labute approximate surface area is 95.3 Å². The van der Waals surface area contributed by atoms with Gasteiger partial charge < -0.3 is 0 Å². The second-order valence-corrected chi connectivity index (χ2v) is 4.85. The number of benzene rings is 2. The van der Waals surface area contributed by atoms with Gasteiger partial charge in [-0.05, 0) is 29.7 Å². The van der Waals surface area contributed by atoms with E-state index in [-0.39, 0.29) is 5.41 Å². The Morgan fingerprint density at radius 1 is 1.19 bits per heavy atom. The van der Waals surface area contributed by atoms with E-state index in [1.807, 2.05) is 0 Å². The van der Waals surface area contributed by atoms with Crippen molar-refractivity contribution in [3.8, 4) is 6.07 Å². The molecule has 1 fully saturated rings. The van der Waals surface area contributed by atoms with E-state index in [9.17, 15) is 0 Å². The number of nitriles is 1. The zero-order chi connectivity index (χ0) is 11.2. The Kier molecular flexibility index (Phi) is 1.82. The maximum absolute atomic E-state index is 9.12. The Bertz CT molecular complexity index is 588. The van der Waals surface area contributed by atoms with Gasteiger partial charge in [0.05, 0.1) is 11.5 Å². The van der Waals surface area contributed by atoms with Crippen LogP contribution in [0.25, 0.3) is 10.8 Å². The highest BCUT2D eigenvalue weighted by atomic mass is 14.5. The van der Waals surface area contributed by atoms with Crippen molar-refractivity contribution in [3.63, 3.8) is 0 Å². The molecule has 2 aromatic carbocycles. The zero-order valence-electron chi connectivity index (χ0n) is 9.27. The smallest absolute Gasteiger partial charge is 0.0693 e. The minimum absolute atomic E-state index is 0.135. The van der Waals surface area contributed by atoms with Crippen molar-refractivity contribution in [2.45, 2.75) is 19.3 Å². The summed E-state index contributed by atoms with van der Waals surface area (Å²) in [6.07, 6.45) is 0.998. The van der Waals surface area contributed by atoms with Crippen molar-refractivity contribution in [1.29, 1.82) is 5.26 Å². The monoisotopic (exact) mass is 207 g/mol. The third-order valence-corrected chi connectivity index (χ3v) is 3.69. The SMILES string of the molecule is CC1(C#N)CC1c1cccc2ccccc12. The molecule has 2 aromatic rings. The van der Waals surface area contributed by atoms with Crippen LogP contribution in [-0.4, -0.2) is 0 Å². The quantitative estimate of drug-likeness (QED) is 0.696. The van der Waals surface area contributed by atoms with Crippen LogP contribution in [0.4, 0.5) is 0 Å². The van der Waals surface area contributed by atoms with E-state index < -0.39 is 0 Å². The van der Waals surface area contributed by atoms with Gasteiger partial charge in [-0.15, -0.1) is 0 Å². The number of hydrogen-bond acceptors (Lipinski definition) is 1. The van der Waals surface area contributed by atoms with Crippen LogP contribution < -0.4 is 0 Å². The molecule has 0 bridgehead atoms. The van der Waals surface area contributed by atoms with E-state index in [2.05, 4.69) is 55.5 Å². The van der Waals surface area contributed by atoms with Crippen LogP contribution in [0.3, 0.4) is 0 Å². The molecule has 0 amide bonds. The summed E-state index contributed by atoms with van der Waals surface area (Å²) >= 11 is 0. The second-order valence-electron chi connectivity index (χ2n) is 4.85. The van der Waals surface area contributed by atoms with Crippen molar-refractivity contribution < 1.29 is 0 Å². The Hall–Kier alpha value is -1.81. The molecule has 0 aromatic heterocycles. The summed E-state index contributed by atoms with van der Waals surface area (Å²) in [5.41, 5.74) is 1.20. The highest BCUT2D eigenvalue weighted by molar-refractivity contribution is 5.86. The molecule has 3 rings (SSSR count). The van der Waals surface area contributed by atoms with Crippen LogP contribution in [0.15, 0.2) is 42.5 Å². The van der Waals surface area contributed by atoms with Gasteiger partial charge in [-0.2, -0.15) is 5.26 Å². The molecule has 1 aliphatic carbocycles. The molecular formula is C15H13N. The summed E-state index contributed by atoms with van der Waals surface area (Å²) in [6, 6.07) is 17.2. The van der Waals surface area contributed by atoms with E-state index in [0.717, 1.165) is 6.42 Å². The van der Waals surface area contributed by atoms with Crippen molar-refractivity contribution in [2.24, 2.45) is 5.41 Å². The van der Waals surface area contributed by atoms with Gasteiger partial charge in [0.25, 0.3) is 0 Å². The zero-order valence-corrected chi connectivity index (χ0v) is 9.27. The number of fused-ring (bicyclic) bond motifs is 1. The van der Waals surface area contributed by atoms with E-state index in [1.54, 1.807) is 0 Å². The maximum Gasteiger partial charge on any atom is 0.0693 e. The molecule has 0 heterocycles. The molecule has 2 atom stereocenters. The summed E-state index contributed by atoms with van der Waals surface area (Å²) in [5, 5.41) is 11.7. The van der Waals surface area contributed by atoms with Crippen LogP contribution in [0, 0.1) is 16.7 Å². The number of rotatable bonds is 1. The largest absolute Gasteiger partial charge is 0.198 e. The molecule has 1 aliphatic rings. The molecule has 0 N–H and O–H groups in total. The van der Waals surface area contributed by atoms with E-state index in [4.69, 9.17) is 5.26 Å². The summed E-state index contributed by atoms with van der Waals surface area (Å²) in [4.78, 5) is 0. The first-order valence-electron chi connectivity index (χ1n) is 5.63. The number of hydrogen-bond donors (Lipinski definition) is 0. The van der Waals surface area contributed by atoms with Gasteiger partial charge in [0, 0.05) is 5.92 Å². The third kappa shape index (κ3) is 1.23. The molecule has 0 saturated heterocycles. The fourth-order valence-electron chi connectivity index (χ4n) is 2.50. The fourth-order valence-corrected chi connectivity index (χ4v) is 2.50. The number of nitrogens with zero attached hydrogens (tertiary/aromatic N) is 1. The van der Waals surface area contributed by atoms with Crippen molar-refractivity contribution >= 4 is 10.8 Å². The lowest BCUT2D eigenvalue weighted by atomic mass is 9.97. The lowest BCUT2D eigenvalue weighted by Gasteiger charge is -2.06. The normalized spacial score (nSPS) is 27.6. The second kappa shape index (κ2) is 3.09. The van der Waals surface area contributed by atoms with Gasteiger partial charge >= 0.3 is 0 Å². The molecule has 1 heteroatoms. The van der Waals surface area contributed by atoms with E-state index >= 15 is 0 Å². The maximum atomic E-state index is 9.12. The Balaban J connectivity index is 2.16. The molecule has 2 unspecified atom stereocenters. The van der Waals surface area contributed by atoms with Gasteiger partial charge in [0.1, 0.15) is 0 Å². The molecule has 0 spiro atoms. The van der Waals surface area contributed by atoms with Crippen LogP contribution >= 0.6 is 0 Å². The molecular weight excluding hydrogens is 194 g/mol. The molecule has 0 radical (unpaired) electrons. The predicted molar refractivity (Wildman–Crippen MR) is 65.0 cm³/mol. The van der Waals surface area contributed by atoms with Crippen molar-refractivity contribution in [2.75, 3.05) is 0 Å². The highest BCUT2D eigenvalue weighted by Gasteiger charge is 2.51. The lowest BCUT2D eigenvalue weighted by Crippen LogP contribution is -1.93. The average molecular weight is 207 g/mol. The summed E-state index contributed by atoms with van der Waals surface area (Å²) in [5.74, 6) is 0.420. The standard InChI is InChI=1S/C15H13N/c1-15(10-16)9-14(15)13-8-4-6-11-5-2-3-7-12(11)13/h2-8,14H,9H2,1H3. The summed E-state index contributed by atoms with van der Waals surface area (Å²) < 4.78 is 0. The fraction of sp³-hybridized carbons (Fsp3) is 0.267. The Morgan fingerprint density at radius 3 is 2.69 bits per heavy atom. The predicted octanol–water partition coefficient (Wildman–Crippen LogP) is 3.86. The van der Waals surface area contributed by atoms with Crippen molar-refractivity contribution in [3.05, 3.63) is 48.0 Å². The van der Waals surface area contributed by atoms with Crippen LogP contribution in [0.1, 0.15) is 24.8 Å². The topological polar surface area (TPSA) is 23.8 Å². The first-order chi connectivity index (χ1) is 7.74. The third-order valence-electron chi connectivity index (χ3n) is 3.69. The first kappa shape index (κ1) is 9.42. The van der Waals surface area contributed by atoms with Gasteiger partial charge in [-0.1, -0.05) is 42.5 Å². The first-order valence-corrected chi connectivity index (χ1v) is 5.63. The molecule has 0 aliphatic heterocycles. The molecule has 1 nitrogen and oxygen atoms in total. The van der Waals surface area contributed by atoms with E-state index in [0.29, 0.717) is 5.92 Å². The van der Waals surface area contributed by atoms with Gasteiger partial charge in [-0.3, -0.25) is 0 Å². The minimum atomic E-state index is -0.135. The molecule has 78 valence electrons. The summed E-state index contributed by atoms with van der Waals surface area (Å²) in [7, 11) is 0. The van der Waals surface area contributed by atoms with Gasteiger partial charge in [0.15, 0.2) is 0 Å². The molecule has 16 heavy (non-hydrogen) atoms.